The van der Waals surface area contributed by atoms with E-state index in [0.29, 0.717) is 0 Å². The lowest BCUT2D eigenvalue weighted by Crippen LogP contribution is -2.34. The van der Waals surface area contributed by atoms with Crippen LogP contribution in [0.4, 0.5) is 0 Å². The molecule has 1 aliphatic rings. The average molecular weight is 322 g/mol. The second-order valence-electron chi connectivity index (χ2n) is 8.68. The number of fused-ring (bicyclic) bond motifs is 1. The number of ether oxygens (including phenoxy) is 1. The Morgan fingerprint density at radius 3 is 1.96 bits per heavy atom. The molecule has 128 valence electrons. The first kappa shape index (κ1) is 17.1. The molecule has 0 radical (unpaired) electrons. The highest BCUT2D eigenvalue weighted by Gasteiger charge is 2.37. The predicted molar refractivity (Wildman–Crippen MR) is 103 cm³/mol. The quantitative estimate of drug-likeness (QED) is 0.628. The lowest BCUT2D eigenvalue weighted by atomic mass is 9.62. The molecule has 2 aromatic rings. The van der Waals surface area contributed by atoms with Gasteiger partial charge in [0, 0.05) is 5.56 Å². The number of benzene rings is 2. The summed E-state index contributed by atoms with van der Waals surface area (Å²) < 4.78 is 5.65. The fourth-order valence-corrected chi connectivity index (χ4v) is 4.04. The molecule has 1 heteroatoms. The van der Waals surface area contributed by atoms with Gasteiger partial charge in [-0.3, -0.25) is 0 Å². The van der Waals surface area contributed by atoms with Crippen LogP contribution in [0.2, 0.25) is 0 Å². The monoisotopic (exact) mass is 322 g/mol. The van der Waals surface area contributed by atoms with E-state index in [0.717, 1.165) is 5.75 Å². The first-order valence-corrected chi connectivity index (χ1v) is 8.96. The number of hydrogen-bond donors (Lipinski definition) is 0. The summed E-state index contributed by atoms with van der Waals surface area (Å²) in [6, 6.07) is 11.3. The van der Waals surface area contributed by atoms with Crippen molar-refractivity contribution in [3.8, 4) is 16.9 Å². The summed E-state index contributed by atoms with van der Waals surface area (Å²) in [5, 5.41) is 0. The Bertz CT molecular complexity index is 781. The maximum Gasteiger partial charge on any atom is 0.126 e. The highest BCUT2D eigenvalue weighted by molar-refractivity contribution is 5.76. The summed E-state index contributed by atoms with van der Waals surface area (Å²) in [5.74, 6) is 0.955. The van der Waals surface area contributed by atoms with E-state index in [-0.39, 0.29) is 10.8 Å². The molecule has 0 fully saturated rings. The number of rotatable bonds is 2. The van der Waals surface area contributed by atoms with Gasteiger partial charge in [0.1, 0.15) is 5.75 Å². The second-order valence-corrected chi connectivity index (χ2v) is 8.68. The van der Waals surface area contributed by atoms with Crippen LogP contribution in [0, 0.1) is 13.8 Å². The van der Waals surface area contributed by atoms with Crippen LogP contribution in [0.15, 0.2) is 30.3 Å². The highest BCUT2D eigenvalue weighted by Crippen LogP contribution is 2.48. The molecule has 2 aromatic carbocycles. The summed E-state index contributed by atoms with van der Waals surface area (Å²) in [5.41, 5.74) is 8.62. The van der Waals surface area contributed by atoms with E-state index in [2.05, 4.69) is 71.9 Å². The molecule has 0 aromatic heterocycles. The van der Waals surface area contributed by atoms with E-state index in [1.165, 1.54) is 46.2 Å². The summed E-state index contributed by atoms with van der Waals surface area (Å²) >= 11 is 0. The third-order valence-electron chi connectivity index (χ3n) is 5.84. The molecule has 0 saturated heterocycles. The molecule has 0 saturated carbocycles. The van der Waals surface area contributed by atoms with Gasteiger partial charge in [0.2, 0.25) is 0 Å². The normalized spacial score (nSPS) is 18.1. The van der Waals surface area contributed by atoms with Crippen molar-refractivity contribution in [1.82, 2.24) is 0 Å². The highest BCUT2D eigenvalue weighted by atomic mass is 16.5. The Labute approximate surface area is 147 Å². The Hall–Kier alpha value is -1.76. The topological polar surface area (TPSA) is 9.23 Å². The lowest BCUT2D eigenvalue weighted by Gasteiger charge is -2.42. The van der Waals surface area contributed by atoms with Crippen LogP contribution in [0.25, 0.3) is 11.1 Å². The van der Waals surface area contributed by atoms with Crippen LogP contribution in [0.1, 0.15) is 62.8 Å². The SMILES string of the molecule is COc1ccc(C)cc1-c1cc2c(cc1C)C(C)(C)CCC2(C)C. The zero-order chi connectivity index (χ0) is 17.7. The van der Waals surface area contributed by atoms with Gasteiger partial charge in [0.25, 0.3) is 0 Å². The maximum absolute atomic E-state index is 5.65. The minimum absolute atomic E-state index is 0.227. The van der Waals surface area contributed by atoms with Gasteiger partial charge in [-0.25, -0.2) is 0 Å². The van der Waals surface area contributed by atoms with Crippen LogP contribution in [0.3, 0.4) is 0 Å². The molecule has 0 unspecified atom stereocenters. The van der Waals surface area contributed by atoms with Crippen molar-refractivity contribution in [1.29, 1.82) is 0 Å². The number of aryl methyl sites for hydroxylation is 2. The average Bonchev–Trinajstić information content (AvgIpc) is 2.51. The standard InChI is InChI=1S/C23H30O/c1-15-8-9-21(24-7)18(12-15)17-14-20-19(13-16(17)2)22(3,4)10-11-23(20,5)6/h8-9,12-14H,10-11H2,1-7H3. The van der Waals surface area contributed by atoms with Gasteiger partial charge in [-0.2, -0.15) is 0 Å². The van der Waals surface area contributed by atoms with Gasteiger partial charge in [0.05, 0.1) is 7.11 Å². The molecular formula is C23H30O. The molecule has 0 amide bonds. The van der Waals surface area contributed by atoms with Gasteiger partial charge in [-0.1, -0.05) is 45.4 Å². The fourth-order valence-electron chi connectivity index (χ4n) is 4.04. The Kier molecular flexibility index (Phi) is 4.02. The minimum atomic E-state index is 0.227. The molecule has 24 heavy (non-hydrogen) atoms. The second kappa shape index (κ2) is 5.65. The lowest BCUT2D eigenvalue weighted by molar-refractivity contribution is 0.332. The minimum Gasteiger partial charge on any atom is -0.496 e. The van der Waals surface area contributed by atoms with E-state index < -0.39 is 0 Å². The maximum atomic E-state index is 5.65. The van der Waals surface area contributed by atoms with E-state index in [1.807, 2.05) is 0 Å². The molecule has 0 atom stereocenters. The third-order valence-corrected chi connectivity index (χ3v) is 5.84. The van der Waals surface area contributed by atoms with Crippen LogP contribution < -0.4 is 4.74 Å². The molecule has 0 spiro atoms. The zero-order valence-corrected chi connectivity index (χ0v) is 16.2. The smallest absolute Gasteiger partial charge is 0.126 e. The van der Waals surface area contributed by atoms with Crippen molar-refractivity contribution in [2.24, 2.45) is 0 Å². The molecule has 1 aliphatic carbocycles. The zero-order valence-electron chi connectivity index (χ0n) is 16.2. The molecule has 0 heterocycles. The van der Waals surface area contributed by atoms with Crippen LogP contribution in [0.5, 0.6) is 5.75 Å². The van der Waals surface area contributed by atoms with Crippen molar-refractivity contribution in [2.75, 3.05) is 7.11 Å². The Balaban J connectivity index is 2.28. The van der Waals surface area contributed by atoms with E-state index >= 15 is 0 Å². The summed E-state index contributed by atoms with van der Waals surface area (Å²) in [6.07, 6.45) is 2.49. The fraction of sp³-hybridized carbons (Fsp3) is 0.478. The number of hydrogen-bond acceptors (Lipinski definition) is 1. The summed E-state index contributed by atoms with van der Waals surface area (Å²) in [6.45, 7) is 13.9. The molecular weight excluding hydrogens is 292 g/mol. The largest absolute Gasteiger partial charge is 0.496 e. The third kappa shape index (κ3) is 2.75. The van der Waals surface area contributed by atoms with Crippen molar-refractivity contribution in [2.45, 2.75) is 65.2 Å². The van der Waals surface area contributed by atoms with E-state index in [4.69, 9.17) is 4.74 Å². The molecule has 0 bridgehead atoms. The molecule has 3 rings (SSSR count). The summed E-state index contributed by atoms with van der Waals surface area (Å²) in [7, 11) is 1.76. The van der Waals surface area contributed by atoms with Crippen molar-refractivity contribution in [3.63, 3.8) is 0 Å². The van der Waals surface area contributed by atoms with Gasteiger partial charge in [-0.15, -0.1) is 0 Å². The van der Waals surface area contributed by atoms with Crippen LogP contribution in [-0.4, -0.2) is 7.11 Å². The van der Waals surface area contributed by atoms with E-state index in [1.54, 1.807) is 7.11 Å². The predicted octanol–water partition coefficient (Wildman–Crippen LogP) is 6.33. The molecule has 0 N–H and O–H groups in total. The Morgan fingerprint density at radius 1 is 0.792 bits per heavy atom. The van der Waals surface area contributed by atoms with Gasteiger partial charge in [-0.05, 0) is 78.0 Å². The van der Waals surface area contributed by atoms with E-state index in [9.17, 15) is 0 Å². The van der Waals surface area contributed by atoms with Crippen molar-refractivity contribution < 1.29 is 4.74 Å². The molecule has 1 nitrogen and oxygen atoms in total. The van der Waals surface area contributed by atoms with Crippen LogP contribution in [-0.2, 0) is 10.8 Å². The first-order valence-electron chi connectivity index (χ1n) is 8.96. The van der Waals surface area contributed by atoms with Crippen molar-refractivity contribution in [3.05, 3.63) is 52.6 Å². The van der Waals surface area contributed by atoms with Crippen LogP contribution >= 0.6 is 0 Å². The molecule has 0 aliphatic heterocycles. The summed E-state index contributed by atoms with van der Waals surface area (Å²) in [4.78, 5) is 0. The van der Waals surface area contributed by atoms with Gasteiger partial charge < -0.3 is 4.74 Å². The first-order chi connectivity index (χ1) is 11.2. The van der Waals surface area contributed by atoms with Gasteiger partial charge in [0.15, 0.2) is 0 Å². The van der Waals surface area contributed by atoms with Crippen molar-refractivity contribution >= 4 is 0 Å². The Morgan fingerprint density at radius 2 is 1.38 bits per heavy atom. The number of methoxy groups -OCH3 is 1. The van der Waals surface area contributed by atoms with Gasteiger partial charge >= 0.3 is 0 Å².